The van der Waals surface area contributed by atoms with Crippen LogP contribution in [0.5, 0.6) is 0 Å². The molecular formula is C27H25F2N5O3. The van der Waals surface area contributed by atoms with Crippen molar-refractivity contribution in [2.45, 2.75) is 31.5 Å². The molecular weight excluding hydrogens is 480 g/mol. The van der Waals surface area contributed by atoms with Crippen LogP contribution in [0.15, 0.2) is 72.8 Å². The predicted molar refractivity (Wildman–Crippen MR) is 133 cm³/mol. The number of carbonyl (C=O) groups excluding carboxylic acids is 2. The Balaban J connectivity index is 1.54. The van der Waals surface area contributed by atoms with Gasteiger partial charge in [-0.1, -0.05) is 41.6 Å². The lowest BCUT2D eigenvalue weighted by Crippen LogP contribution is -2.47. The molecule has 5 rings (SSSR count). The summed E-state index contributed by atoms with van der Waals surface area (Å²) >= 11 is 0. The van der Waals surface area contributed by atoms with E-state index in [1.54, 1.807) is 30.3 Å². The van der Waals surface area contributed by atoms with Crippen LogP contribution in [0, 0.1) is 11.6 Å². The first-order chi connectivity index (χ1) is 18.0. The smallest absolute Gasteiger partial charge is 0.249 e. The molecule has 3 aromatic carbocycles. The molecule has 0 bridgehead atoms. The van der Waals surface area contributed by atoms with Gasteiger partial charge < -0.3 is 10.1 Å². The number of nitrogens with zero attached hydrogens (tertiary/aromatic N) is 4. The number of carbonyl (C=O) groups is 2. The van der Waals surface area contributed by atoms with Crippen LogP contribution in [-0.4, -0.2) is 46.1 Å². The van der Waals surface area contributed by atoms with Crippen LogP contribution in [0.4, 0.5) is 14.5 Å². The van der Waals surface area contributed by atoms with Crippen molar-refractivity contribution in [3.05, 3.63) is 90.0 Å². The molecule has 1 N–H and O–H groups in total. The van der Waals surface area contributed by atoms with Crippen LogP contribution < -0.4 is 10.2 Å². The summed E-state index contributed by atoms with van der Waals surface area (Å²) in [7, 11) is 0. The minimum Gasteiger partial charge on any atom is -0.376 e. The number of aromatic nitrogens is 3. The van der Waals surface area contributed by atoms with Crippen molar-refractivity contribution in [3.8, 4) is 0 Å². The number of anilines is 1. The average molecular weight is 506 g/mol. The average Bonchev–Trinajstić information content (AvgIpc) is 3.58. The fourth-order valence-corrected chi connectivity index (χ4v) is 4.48. The van der Waals surface area contributed by atoms with E-state index in [-0.39, 0.29) is 24.9 Å². The van der Waals surface area contributed by atoms with E-state index in [0.717, 1.165) is 17.7 Å². The van der Waals surface area contributed by atoms with Gasteiger partial charge in [-0.3, -0.25) is 14.5 Å². The normalized spacial score (nSPS) is 16.0. The number of nitrogens with one attached hydrogen (secondary N) is 1. The number of halogens is 2. The minimum absolute atomic E-state index is 0.0847. The molecule has 4 aromatic rings. The Morgan fingerprint density at radius 3 is 2.57 bits per heavy atom. The van der Waals surface area contributed by atoms with Crippen LogP contribution in [0.2, 0.25) is 0 Å². The van der Waals surface area contributed by atoms with Crippen molar-refractivity contribution in [2.24, 2.45) is 0 Å². The van der Waals surface area contributed by atoms with Crippen molar-refractivity contribution in [1.29, 1.82) is 0 Å². The van der Waals surface area contributed by atoms with Crippen LogP contribution in [-0.2, 0) is 20.9 Å². The van der Waals surface area contributed by atoms with Gasteiger partial charge >= 0.3 is 0 Å². The number of para-hydroxylation sites is 2. The van der Waals surface area contributed by atoms with Gasteiger partial charge in [0.1, 0.15) is 29.7 Å². The van der Waals surface area contributed by atoms with E-state index in [9.17, 15) is 14.0 Å². The van der Waals surface area contributed by atoms with Crippen LogP contribution in [0.1, 0.15) is 24.4 Å². The summed E-state index contributed by atoms with van der Waals surface area (Å²) in [6.07, 6.45) is 1.56. The Kier molecular flexibility index (Phi) is 7.18. The molecule has 0 unspecified atom stereocenters. The maximum Gasteiger partial charge on any atom is 0.249 e. The molecule has 0 aliphatic carbocycles. The Morgan fingerprint density at radius 1 is 1.05 bits per heavy atom. The number of ether oxygens (including phenoxy) is 1. The lowest BCUT2D eigenvalue weighted by Gasteiger charge is -2.32. The summed E-state index contributed by atoms with van der Waals surface area (Å²) in [4.78, 5) is 28.6. The zero-order chi connectivity index (χ0) is 25.8. The number of hydrogen-bond acceptors (Lipinski definition) is 5. The fourth-order valence-electron chi connectivity index (χ4n) is 4.48. The molecule has 1 aliphatic heterocycles. The minimum atomic E-state index is -1.28. The highest BCUT2D eigenvalue weighted by atomic mass is 19.1. The molecule has 10 heteroatoms. The molecule has 2 atom stereocenters. The SMILES string of the molecule is O=C(NC[C@H]1CCCO1)[C@H](c1ccc(F)cc1)N(C(=O)Cn1nnc2ccccc21)c1ccccc1F. The Hall–Kier alpha value is -4.18. The van der Waals surface area contributed by atoms with E-state index in [0.29, 0.717) is 23.2 Å². The zero-order valence-electron chi connectivity index (χ0n) is 19.9. The van der Waals surface area contributed by atoms with Gasteiger partial charge in [-0.15, -0.1) is 5.10 Å². The molecule has 0 spiro atoms. The molecule has 1 fully saturated rings. The number of hydrogen-bond donors (Lipinski definition) is 1. The number of fused-ring (bicyclic) bond motifs is 1. The summed E-state index contributed by atoms with van der Waals surface area (Å²) < 4.78 is 35.9. The zero-order valence-corrected chi connectivity index (χ0v) is 19.9. The Labute approximate surface area is 211 Å². The van der Waals surface area contributed by atoms with Gasteiger partial charge in [-0.05, 0) is 54.8 Å². The first kappa shape index (κ1) is 24.5. The molecule has 190 valence electrons. The number of benzene rings is 3. The molecule has 1 aromatic heterocycles. The van der Waals surface area contributed by atoms with Gasteiger partial charge in [0.25, 0.3) is 0 Å². The highest BCUT2D eigenvalue weighted by Crippen LogP contribution is 2.31. The Morgan fingerprint density at radius 2 is 1.81 bits per heavy atom. The first-order valence-electron chi connectivity index (χ1n) is 12.0. The molecule has 0 radical (unpaired) electrons. The maximum absolute atomic E-state index is 15.1. The third-order valence-corrected chi connectivity index (χ3v) is 6.31. The summed E-state index contributed by atoms with van der Waals surface area (Å²) in [6.45, 7) is 0.558. The summed E-state index contributed by atoms with van der Waals surface area (Å²) in [5, 5.41) is 11.0. The lowest BCUT2D eigenvalue weighted by molar-refractivity contribution is -0.127. The van der Waals surface area contributed by atoms with Crippen LogP contribution in [0.3, 0.4) is 0 Å². The van der Waals surface area contributed by atoms with Gasteiger partial charge in [0.05, 0.1) is 17.3 Å². The van der Waals surface area contributed by atoms with Crippen molar-refractivity contribution in [1.82, 2.24) is 20.3 Å². The van der Waals surface area contributed by atoms with E-state index in [4.69, 9.17) is 4.74 Å². The molecule has 2 amide bonds. The molecule has 1 aliphatic rings. The van der Waals surface area contributed by atoms with E-state index < -0.39 is 29.5 Å². The molecule has 1 saturated heterocycles. The molecule has 37 heavy (non-hydrogen) atoms. The van der Waals surface area contributed by atoms with Gasteiger partial charge in [-0.2, -0.15) is 0 Å². The molecule has 8 nitrogen and oxygen atoms in total. The second-order valence-corrected chi connectivity index (χ2v) is 8.79. The van der Waals surface area contributed by atoms with Gasteiger partial charge in [-0.25, -0.2) is 13.5 Å². The highest BCUT2D eigenvalue weighted by molar-refractivity contribution is 6.01. The summed E-state index contributed by atoms with van der Waals surface area (Å²) in [5.41, 5.74) is 1.45. The van der Waals surface area contributed by atoms with E-state index in [2.05, 4.69) is 15.6 Å². The topological polar surface area (TPSA) is 89.4 Å². The monoisotopic (exact) mass is 505 g/mol. The molecule has 2 heterocycles. The van der Waals surface area contributed by atoms with Gasteiger partial charge in [0.2, 0.25) is 11.8 Å². The fraction of sp³-hybridized carbons (Fsp3) is 0.259. The van der Waals surface area contributed by atoms with E-state index in [1.165, 1.54) is 47.1 Å². The molecule has 0 saturated carbocycles. The Bertz CT molecular complexity index is 1400. The van der Waals surface area contributed by atoms with E-state index >= 15 is 4.39 Å². The summed E-state index contributed by atoms with van der Waals surface area (Å²) in [6, 6.07) is 16.8. The second-order valence-electron chi connectivity index (χ2n) is 8.79. The summed E-state index contributed by atoms with van der Waals surface area (Å²) in [5.74, 6) is -2.32. The quantitative estimate of drug-likeness (QED) is 0.394. The van der Waals surface area contributed by atoms with Crippen molar-refractivity contribution < 1.29 is 23.1 Å². The van der Waals surface area contributed by atoms with Gasteiger partial charge in [0.15, 0.2) is 0 Å². The number of rotatable bonds is 8. The van der Waals surface area contributed by atoms with Crippen molar-refractivity contribution >= 4 is 28.5 Å². The van der Waals surface area contributed by atoms with Crippen molar-refractivity contribution in [3.63, 3.8) is 0 Å². The third kappa shape index (κ3) is 5.34. The van der Waals surface area contributed by atoms with Gasteiger partial charge in [0, 0.05) is 13.2 Å². The standard InChI is InChI=1S/C27H25F2N5O3/c28-19-13-11-18(12-14-19)26(27(36)30-16-20-6-5-15-37-20)34(23-9-3-1-7-21(23)29)25(35)17-33-24-10-4-2-8-22(24)31-32-33/h1-4,7-14,20,26H,5-6,15-17H2,(H,30,36)/t20-,26+/m1/s1. The van der Waals surface area contributed by atoms with E-state index in [1.807, 2.05) is 0 Å². The maximum atomic E-state index is 15.1. The lowest BCUT2D eigenvalue weighted by atomic mass is 10.0. The largest absolute Gasteiger partial charge is 0.376 e. The third-order valence-electron chi connectivity index (χ3n) is 6.31. The first-order valence-corrected chi connectivity index (χ1v) is 12.0. The van der Waals surface area contributed by atoms with Crippen molar-refractivity contribution in [2.75, 3.05) is 18.1 Å². The van der Waals surface area contributed by atoms with Crippen LogP contribution in [0.25, 0.3) is 11.0 Å². The second kappa shape index (κ2) is 10.8. The highest BCUT2D eigenvalue weighted by Gasteiger charge is 2.35. The predicted octanol–water partition coefficient (Wildman–Crippen LogP) is 3.78. The van der Waals surface area contributed by atoms with Crippen LogP contribution >= 0.6 is 0 Å². The number of amides is 2.